The minimum absolute atomic E-state index is 0.179. The maximum Gasteiger partial charge on any atom is 0.167 e. The SMILES string of the molecule is CC.CC.CC.CCC.CCCCCc1cccc(CCCCC)n1.CCOCc1c(F)c(F)c(COCC(C)(C)C)c(F)c1F. The third kappa shape index (κ3) is 25.1. The van der Waals surface area contributed by atoms with Crippen LogP contribution in [0.15, 0.2) is 18.2 Å². The Morgan fingerprint density at radius 1 is 0.587 bits per heavy atom. The van der Waals surface area contributed by atoms with Crippen LogP contribution in [0.4, 0.5) is 17.6 Å². The number of ether oxygens (including phenoxy) is 2. The fraction of sp³-hybridized carbons (Fsp3) is 0.718. The van der Waals surface area contributed by atoms with Gasteiger partial charge in [-0.05, 0) is 50.2 Å². The summed E-state index contributed by atoms with van der Waals surface area (Å²) in [5.41, 5.74) is 0.852. The van der Waals surface area contributed by atoms with Gasteiger partial charge >= 0.3 is 0 Å². The zero-order valence-corrected chi connectivity index (χ0v) is 32.2. The molecule has 2 rings (SSSR count). The molecule has 0 atom stereocenters. The Balaban J connectivity index is -0.000000312. The van der Waals surface area contributed by atoms with Gasteiger partial charge in [-0.2, -0.15) is 0 Å². The predicted octanol–water partition coefficient (Wildman–Crippen LogP) is 13.4. The predicted molar refractivity (Wildman–Crippen MR) is 191 cm³/mol. The van der Waals surface area contributed by atoms with Crippen LogP contribution in [-0.2, 0) is 35.5 Å². The average molecular weight is 662 g/mol. The zero-order chi connectivity index (χ0) is 36.6. The van der Waals surface area contributed by atoms with Gasteiger partial charge in [0.15, 0.2) is 23.3 Å². The number of rotatable bonds is 14. The molecule has 0 aliphatic rings. The van der Waals surface area contributed by atoms with Gasteiger partial charge in [0, 0.05) is 18.0 Å². The first kappa shape index (κ1) is 50.9. The molecular weight excluding hydrogens is 590 g/mol. The van der Waals surface area contributed by atoms with Crippen molar-refractivity contribution in [1.82, 2.24) is 4.98 Å². The Morgan fingerprint density at radius 3 is 1.24 bits per heavy atom. The summed E-state index contributed by atoms with van der Waals surface area (Å²) >= 11 is 0. The van der Waals surface area contributed by atoms with Crippen molar-refractivity contribution in [1.29, 1.82) is 0 Å². The minimum Gasteiger partial charge on any atom is -0.377 e. The van der Waals surface area contributed by atoms with Crippen molar-refractivity contribution >= 4 is 0 Å². The van der Waals surface area contributed by atoms with Crippen molar-refractivity contribution in [3.63, 3.8) is 0 Å². The highest BCUT2D eigenvalue weighted by Gasteiger charge is 2.25. The summed E-state index contributed by atoms with van der Waals surface area (Å²) in [6.45, 7) is 27.3. The van der Waals surface area contributed by atoms with Crippen LogP contribution in [0, 0.1) is 28.7 Å². The molecule has 1 heterocycles. The van der Waals surface area contributed by atoms with Crippen molar-refractivity contribution in [3.05, 3.63) is 64.0 Å². The molecule has 0 radical (unpaired) electrons. The van der Waals surface area contributed by atoms with Crippen molar-refractivity contribution in [2.75, 3.05) is 13.2 Å². The van der Waals surface area contributed by atoms with E-state index in [1.165, 1.54) is 56.3 Å². The number of hydrogen-bond donors (Lipinski definition) is 0. The number of unbranched alkanes of at least 4 members (excludes halogenated alkanes) is 4. The molecule has 1 aromatic heterocycles. The van der Waals surface area contributed by atoms with Crippen molar-refractivity contribution in [2.24, 2.45) is 5.41 Å². The summed E-state index contributed by atoms with van der Waals surface area (Å²) < 4.78 is 65.2. The summed E-state index contributed by atoms with van der Waals surface area (Å²) in [5, 5.41) is 0. The lowest BCUT2D eigenvalue weighted by Gasteiger charge is -2.19. The van der Waals surface area contributed by atoms with Crippen LogP contribution >= 0.6 is 0 Å². The summed E-state index contributed by atoms with van der Waals surface area (Å²) in [7, 11) is 0. The van der Waals surface area contributed by atoms with Gasteiger partial charge < -0.3 is 9.47 Å². The molecule has 0 aliphatic heterocycles. The number of halogens is 4. The fourth-order valence-electron chi connectivity index (χ4n) is 3.56. The smallest absolute Gasteiger partial charge is 0.167 e. The molecule has 1 aromatic carbocycles. The molecule has 0 N–H and O–H groups in total. The Hall–Kier alpha value is -1.99. The molecular formula is C39H71F4NO2. The Morgan fingerprint density at radius 2 is 0.935 bits per heavy atom. The second-order valence-corrected chi connectivity index (χ2v) is 11.1. The maximum absolute atomic E-state index is 13.8. The Bertz CT molecular complexity index is 892. The van der Waals surface area contributed by atoms with Crippen molar-refractivity contribution in [2.45, 2.75) is 168 Å². The van der Waals surface area contributed by atoms with Crippen LogP contribution in [0.2, 0.25) is 0 Å². The van der Waals surface area contributed by atoms with E-state index in [-0.39, 0.29) is 18.6 Å². The van der Waals surface area contributed by atoms with Gasteiger partial charge in [-0.25, -0.2) is 17.6 Å². The van der Waals surface area contributed by atoms with Gasteiger partial charge in [-0.1, -0.05) is 128 Å². The Kier molecular flexibility index (Phi) is 38.0. The molecule has 7 heteroatoms. The van der Waals surface area contributed by atoms with Gasteiger partial charge in [0.1, 0.15) is 0 Å². The van der Waals surface area contributed by atoms with E-state index in [0.29, 0.717) is 0 Å². The van der Waals surface area contributed by atoms with E-state index < -0.39 is 47.6 Å². The topological polar surface area (TPSA) is 31.4 Å². The highest BCUT2D eigenvalue weighted by atomic mass is 19.2. The van der Waals surface area contributed by atoms with E-state index in [1.54, 1.807) is 6.92 Å². The van der Waals surface area contributed by atoms with E-state index in [2.05, 4.69) is 45.9 Å². The van der Waals surface area contributed by atoms with Crippen LogP contribution in [0.3, 0.4) is 0 Å². The number of pyridine rings is 1. The zero-order valence-electron chi connectivity index (χ0n) is 32.2. The molecule has 0 unspecified atom stereocenters. The van der Waals surface area contributed by atoms with E-state index in [9.17, 15) is 17.6 Å². The van der Waals surface area contributed by atoms with Crippen molar-refractivity contribution in [3.8, 4) is 0 Å². The van der Waals surface area contributed by atoms with E-state index in [0.717, 1.165) is 12.8 Å². The third-order valence-electron chi connectivity index (χ3n) is 5.61. The van der Waals surface area contributed by atoms with Crippen LogP contribution in [0.1, 0.15) is 164 Å². The summed E-state index contributed by atoms with van der Waals surface area (Å²) in [4.78, 5) is 4.72. The molecule has 0 fully saturated rings. The number of aromatic nitrogens is 1. The van der Waals surface area contributed by atoms with Crippen LogP contribution < -0.4 is 0 Å². The first-order valence-corrected chi connectivity index (χ1v) is 17.9. The fourth-order valence-corrected chi connectivity index (χ4v) is 3.56. The van der Waals surface area contributed by atoms with E-state index >= 15 is 0 Å². The minimum atomic E-state index is -1.43. The van der Waals surface area contributed by atoms with Crippen LogP contribution in [-0.4, -0.2) is 18.2 Å². The van der Waals surface area contributed by atoms with Crippen molar-refractivity contribution < 1.29 is 27.0 Å². The van der Waals surface area contributed by atoms with Crippen LogP contribution in [0.5, 0.6) is 0 Å². The highest BCUT2D eigenvalue weighted by molar-refractivity contribution is 5.29. The molecule has 46 heavy (non-hydrogen) atoms. The lowest BCUT2D eigenvalue weighted by Crippen LogP contribution is -2.16. The van der Waals surface area contributed by atoms with Gasteiger partial charge in [-0.15, -0.1) is 0 Å². The Labute approximate surface area is 282 Å². The van der Waals surface area contributed by atoms with E-state index in [1.807, 2.05) is 62.3 Å². The molecule has 3 nitrogen and oxygen atoms in total. The molecule has 0 saturated heterocycles. The maximum atomic E-state index is 13.8. The molecule has 272 valence electrons. The first-order valence-electron chi connectivity index (χ1n) is 17.9. The summed E-state index contributed by atoms with van der Waals surface area (Å²) in [5.74, 6) is -5.73. The molecule has 0 amide bonds. The van der Waals surface area contributed by atoms with Gasteiger partial charge in [0.2, 0.25) is 0 Å². The normalized spacial score (nSPS) is 9.96. The number of nitrogens with zero attached hydrogens (tertiary/aromatic N) is 1. The first-order chi connectivity index (χ1) is 22.0. The monoisotopic (exact) mass is 662 g/mol. The van der Waals surface area contributed by atoms with Crippen LogP contribution in [0.25, 0.3) is 0 Å². The number of aryl methyl sites for hydroxylation is 2. The molecule has 0 spiro atoms. The molecule has 0 aliphatic carbocycles. The van der Waals surface area contributed by atoms with Gasteiger partial charge in [0.05, 0.1) is 30.9 Å². The second kappa shape index (κ2) is 34.3. The molecule has 2 aromatic rings. The lowest BCUT2D eigenvalue weighted by atomic mass is 9.99. The molecule has 0 bridgehead atoms. The summed E-state index contributed by atoms with van der Waals surface area (Å²) in [6, 6.07) is 6.49. The second-order valence-electron chi connectivity index (χ2n) is 11.1. The lowest BCUT2D eigenvalue weighted by molar-refractivity contribution is 0.0556. The third-order valence-corrected chi connectivity index (χ3v) is 5.61. The number of benzene rings is 1. The molecule has 0 saturated carbocycles. The quantitative estimate of drug-likeness (QED) is 0.115. The van der Waals surface area contributed by atoms with Gasteiger partial charge in [0.25, 0.3) is 0 Å². The highest BCUT2D eigenvalue weighted by Crippen LogP contribution is 2.26. The summed E-state index contributed by atoms with van der Waals surface area (Å²) in [6.07, 6.45) is 11.3. The van der Waals surface area contributed by atoms with E-state index in [4.69, 9.17) is 14.5 Å². The average Bonchev–Trinajstić information content (AvgIpc) is 3.05. The standard InChI is InChI=1S/C15H20F4O2.C15H25N.C3H8.3C2H6/c1-5-20-6-9-11(16)13(18)10(14(19)12(9)17)7-21-8-15(2,3)4;1-3-5-7-10-14-12-9-13-15(16-14)11-8-6-4-2;1-3-2;3*1-2/h5-8H2,1-4H3;9,12-13H,3-8,10-11H2,1-2H3;3H2,1-2H3;3*1-2H3. The number of hydrogen-bond acceptors (Lipinski definition) is 3. The van der Waals surface area contributed by atoms with Gasteiger partial charge in [-0.3, -0.25) is 4.98 Å². The largest absolute Gasteiger partial charge is 0.377 e.